The van der Waals surface area contributed by atoms with Crippen LogP contribution in [0.1, 0.15) is 53.9 Å². The van der Waals surface area contributed by atoms with Gasteiger partial charge in [-0.2, -0.15) is 0 Å². The average Bonchev–Trinajstić information content (AvgIpc) is 3.27. The fraction of sp³-hybridized carbons (Fsp3) is 0.783. The van der Waals surface area contributed by atoms with Crippen LogP contribution in [0.25, 0.3) is 0 Å². The number of hydrogen-bond donors (Lipinski definition) is 2. The summed E-state index contributed by atoms with van der Waals surface area (Å²) in [5.74, 6) is -3.04. The van der Waals surface area contributed by atoms with Gasteiger partial charge >= 0.3 is 5.97 Å². The summed E-state index contributed by atoms with van der Waals surface area (Å²) in [7, 11) is 0. The van der Waals surface area contributed by atoms with E-state index >= 15 is 0 Å². The molecule has 3 aliphatic rings. The molecule has 2 N–H and O–H groups in total. The lowest BCUT2D eigenvalue weighted by Crippen LogP contribution is -2.59. The predicted molar refractivity (Wildman–Crippen MR) is 121 cm³/mol. The molecule has 174 valence electrons. The van der Waals surface area contributed by atoms with Crippen LogP contribution in [0.3, 0.4) is 0 Å². The monoisotopic (exact) mass is 452 g/mol. The van der Waals surface area contributed by atoms with E-state index in [0.717, 1.165) is 6.42 Å². The van der Waals surface area contributed by atoms with Crippen LogP contribution in [0.4, 0.5) is 0 Å². The molecule has 7 nitrogen and oxygen atoms in total. The van der Waals surface area contributed by atoms with Crippen LogP contribution in [0.15, 0.2) is 12.7 Å². The summed E-state index contributed by atoms with van der Waals surface area (Å²) in [6, 6.07) is -1.40. The fourth-order valence-corrected chi connectivity index (χ4v) is 8.37. The first-order valence-electron chi connectivity index (χ1n) is 11.3. The number of rotatable bonds is 9. The molecule has 3 aliphatic heterocycles. The van der Waals surface area contributed by atoms with Crippen LogP contribution in [-0.4, -0.2) is 78.6 Å². The Kier molecular flexibility index (Phi) is 6.55. The Morgan fingerprint density at radius 1 is 1.35 bits per heavy atom. The van der Waals surface area contributed by atoms with Crippen molar-refractivity contribution >= 4 is 29.5 Å². The van der Waals surface area contributed by atoms with Gasteiger partial charge in [0.1, 0.15) is 6.04 Å². The van der Waals surface area contributed by atoms with Crippen molar-refractivity contribution in [1.29, 1.82) is 0 Å². The Labute approximate surface area is 189 Å². The molecule has 3 heterocycles. The molecule has 3 saturated heterocycles. The maximum atomic E-state index is 14.0. The molecule has 3 fully saturated rings. The molecule has 8 heteroatoms. The summed E-state index contributed by atoms with van der Waals surface area (Å²) < 4.78 is -1.34. The van der Waals surface area contributed by atoms with Gasteiger partial charge in [0, 0.05) is 17.3 Å². The third-order valence-corrected chi connectivity index (χ3v) is 9.78. The second-order valence-corrected chi connectivity index (χ2v) is 11.7. The number of amides is 2. The Morgan fingerprint density at radius 3 is 2.48 bits per heavy atom. The number of aliphatic carboxylic acids is 1. The van der Waals surface area contributed by atoms with Crippen LogP contribution in [0.5, 0.6) is 0 Å². The largest absolute Gasteiger partial charge is 0.481 e. The van der Waals surface area contributed by atoms with Crippen molar-refractivity contribution in [3.8, 4) is 0 Å². The Morgan fingerprint density at radius 2 is 2.00 bits per heavy atom. The van der Waals surface area contributed by atoms with Crippen molar-refractivity contribution in [3.05, 3.63) is 12.7 Å². The van der Waals surface area contributed by atoms with E-state index in [1.807, 2.05) is 34.6 Å². The zero-order valence-corrected chi connectivity index (χ0v) is 20.0. The predicted octanol–water partition coefficient (Wildman–Crippen LogP) is 2.38. The lowest BCUT2D eigenvalue weighted by Gasteiger charge is -2.42. The summed E-state index contributed by atoms with van der Waals surface area (Å²) >= 11 is 1.53. The topological polar surface area (TPSA) is 98.2 Å². The minimum Gasteiger partial charge on any atom is -0.481 e. The van der Waals surface area contributed by atoms with Gasteiger partial charge in [-0.1, -0.05) is 26.3 Å². The van der Waals surface area contributed by atoms with Gasteiger partial charge in [-0.05, 0) is 39.5 Å². The summed E-state index contributed by atoms with van der Waals surface area (Å²) in [5, 5.41) is 20.3. The minimum absolute atomic E-state index is 0.0209. The Balaban J connectivity index is 2.17. The number of carbonyl (C=O) groups is 3. The Bertz CT molecular complexity index is 773. The zero-order chi connectivity index (χ0) is 23.3. The number of likely N-dealkylation sites (tertiary alicyclic amines) is 1. The number of aliphatic hydroxyl groups is 1. The standard InChI is InChI=1S/C23H36N2O5S/c1-7-11-24(13(3)4)20(28)18-23-10-9-22(6,31-23)17(21(29)30)16(23)19(27)25(18)15(12-26)14(5)8-2/h7,13-18,26H,1,8-12H2,2-6H3,(H,29,30)/t14-,15-,16-,17+,18?,22-,23?/m0/s1. The first-order valence-corrected chi connectivity index (χ1v) is 12.1. The van der Waals surface area contributed by atoms with E-state index in [4.69, 9.17) is 0 Å². The van der Waals surface area contributed by atoms with E-state index in [2.05, 4.69) is 6.58 Å². The van der Waals surface area contributed by atoms with E-state index in [1.165, 1.54) is 11.8 Å². The second-order valence-electron chi connectivity index (χ2n) is 9.82. The molecule has 3 rings (SSSR count). The normalized spacial score (nSPS) is 35.9. The summed E-state index contributed by atoms with van der Waals surface area (Å²) in [6.45, 7) is 13.6. The van der Waals surface area contributed by atoms with Gasteiger partial charge in [0.25, 0.3) is 0 Å². The summed E-state index contributed by atoms with van der Waals surface area (Å²) in [4.78, 5) is 43.5. The molecule has 0 aliphatic carbocycles. The maximum absolute atomic E-state index is 14.0. The van der Waals surface area contributed by atoms with Crippen molar-refractivity contribution < 1.29 is 24.6 Å². The van der Waals surface area contributed by atoms with Crippen LogP contribution >= 0.6 is 11.8 Å². The highest BCUT2D eigenvalue weighted by molar-refractivity contribution is 8.02. The smallest absolute Gasteiger partial charge is 0.308 e. The molecule has 7 atom stereocenters. The van der Waals surface area contributed by atoms with E-state index in [-0.39, 0.29) is 30.4 Å². The molecular weight excluding hydrogens is 416 g/mol. The molecule has 2 amide bonds. The van der Waals surface area contributed by atoms with Gasteiger partial charge in [0.05, 0.1) is 29.2 Å². The lowest BCUT2D eigenvalue weighted by molar-refractivity contribution is -0.151. The van der Waals surface area contributed by atoms with Crippen LogP contribution in [-0.2, 0) is 14.4 Å². The number of fused-ring (bicyclic) bond motifs is 1. The SMILES string of the molecule is C=CCN(C(=O)C1N([C@@H](CO)[C@@H](C)CC)C(=O)[C@@H]2[C@H](C(=O)O)[C@]3(C)CCC12S3)C(C)C. The van der Waals surface area contributed by atoms with E-state index < -0.39 is 39.4 Å². The highest BCUT2D eigenvalue weighted by Gasteiger charge is 2.78. The van der Waals surface area contributed by atoms with Gasteiger partial charge in [-0.25, -0.2) is 0 Å². The number of carboxylic acids is 1. The molecular formula is C23H36N2O5S. The fourth-order valence-electron chi connectivity index (χ4n) is 6.04. The van der Waals surface area contributed by atoms with E-state index in [0.29, 0.717) is 19.4 Å². The van der Waals surface area contributed by atoms with Gasteiger partial charge in [-0.3, -0.25) is 14.4 Å². The Hall–Kier alpha value is -1.54. The molecule has 0 aromatic rings. The molecule has 0 saturated carbocycles. The number of thioether (sulfide) groups is 1. The molecule has 1 spiro atoms. The van der Waals surface area contributed by atoms with Gasteiger partial charge in [0.2, 0.25) is 11.8 Å². The molecule has 0 aromatic heterocycles. The van der Waals surface area contributed by atoms with Crippen molar-refractivity contribution in [2.75, 3.05) is 13.2 Å². The van der Waals surface area contributed by atoms with Gasteiger partial charge in [0.15, 0.2) is 0 Å². The number of hydrogen-bond acceptors (Lipinski definition) is 5. The van der Waals surface area contributed by atoms with Crippen LogP contribution in [0, 0.1) is 17.8 Å². The average molecular weight is 453 g/mol. The highest BCUT2D eigenvalue weighted by atomic mass is 32.2. The summed E-state index contributed by atoms with van der Waals surface area (Å²) in [6.07, 6.45) is 3.69. The van der Waals surface area contributed by atoms with Gasteiger partial charge in [-0.15, -0.1) is 18.3 Å². The molecule has 2 unspecified atom stereocenters. The van der Waals surface area contributed by atoms with Crippen molar-refractivity contribution in [2.24, 2.45) is 17.8 Å². The number of aliphatic hydroxyl groups excluding tert-OH is 1. The minimum atomic E-state index is -0.973. The number of nitrogens with zero attached hydrogens (tertiary/aromatic N) is 2. The van der Waals surface area contributed by atoms with Crippen molar-refractivity contribution in [2.45, 2.75) is 81.5 Å². The molecule has 0 radical (unpaired) electrons. The molecule has 31 heavy (non-hydrogen) atoms. The first kappa shape index (κ1) is 24.1. The number of carbonyl (C=O) groups excluding carboxylic acids is 2. The number of carboxylic acid groups (broad SMARTS) is 1. The quantitative estimate of drug-likeness (QED) is 0.521. The van der Waals surface area contributed by atoms with Crippen LogP contribution in [0.2, 0.25) is 0 Å². The molecule has 2 bridgehead atoms. The maximum Gasteiger partial charge on any atom is 0.308 e. The lowest BCUT2D eigenvalue weighted by atomic mass is 9.66. The van der Waals surface area contributed by atoms with Crippen molar-refractivity contribution in [1.82, 2.24) is 9.80 Å². The second kappa shape index (κ2) is 8.43. The van der Waals surface area contributed by atoms with E-state index in [1.54, 1.807) is 15.9 Å². The van der Waals surface area contributed by atoms with Crippen LogP contribution < -0.4 is 0 Å². The van der Waals surface area contributed by atoms with Gasteiger partial charge < -0.3 is 20.0 Å². The third-order valence-electron chi connectivity index (χ3n) is 7.79. The summed E-state index contributed by atoms with van der Waals surface area (Å²) in [5.41, 5.74) is 0. The zero-order valence-electron chi connectivity index (χ0n) is 19.2. The first-order chi connectivity index (χ1) is 14.5. The van der Waals surface area contributed by atoms with Crippen molar-refractivity contribution in [3.63, 3.8) is 0 Å². The van der Waals surface area contributed by atoms with E-state index in [9.17, 15) is 24.6 Å². The molecule has 0 aromatic carbocycles. The third kappa shape index (κ3) is 3.41. The highest BCUT2D eigenvalue weighted by Crippen LogP contribution is 2.71.